The SMILES string of the molecule is CC=C[P+](c1ccccc1)(c1ccccc1)c1ccccc1.O=C1N2CC(c3ncco3)=CC(C2)N1OS(=O)(=O)[O-]. The smallest absolute Gasteiger partial charge is 0.346 e. The van der Waals surface area contributed by atoms with Crippen molar-refractivity contribution in [2.45, 2.75) is 13.0 Å². The van der Waals surface area contributed by atoms with Gasteiger partial charge in [0.1, 0.15) is 29.4 Å². The summed E-state index contributed by atoms with van der Waals surface area (Å²) in [5.41, 5.74) is 0.629. The van der Waals surface area contributed by atoms with Gasteiger partial charge in [-0.3, -0.25) is 0 Å². The molecule has 3 aromatic carbocycles. The van der Waals surface area contributed by atoms with Gasteiger partial charge in [-0.25, -0.2) is 18.2 Å². The fourth-order valence-electron chi connectivity index (χ4n) is 5.03. The number of amides is 2. The first kappa shape index (κ1) is 28.4. The Balaban J connectivity index is 0.000000166. The number of benzene rings is 3. The van der Waals surface area contributed by atoms with E-state index >= 15 is 0 Å². The topological polar surface area (TPSA) is 116 Å². The first-order chi connectivity index (χ1) is 19.8. The van der Waals surface area contributed by atoms with Crippen molar-refractivity contribution in [2.24, 2.45) is 0 Å². The fourth-order valence-corrected chi connectivity index (χ4v) is 9.18. The summed E-state index contributed by atoms with van der Waals surface area (Å²) in [6, 6.07) is 31.3. The minimum Gasteiger partial charge on any atom is -0.724 e. The summed E-state index contributed by atoms with van der Waals surface area (Å²) in [6.07, 6.45) is 6.64. The van der Waals surface area contributed by atoms with Crippen molar-refractivity contribution in [1.29, 1.82) is 0 Å². The van der Waals surface area contributed by atoms with Crippen molar-refractivity contribution in [3.05, 3.63) is 127 Å². The molecule has 9 nitrogen and oxygen atoms in total. The molecule has 2 aliphatic heterocycles. The molecule has 0 aliphatic carbocycles. The number of urea groups is 1. The Morgan fingerprint density at radius 2 is 1.49 bits per heavy atom. The van der Waals surface area contributed by atoms with Crippen LogP contribution in [0.3, 0.4) is 0 Å². The molecule has 0 N–H and O–H groups in total. The zero-order valence-electron chi connectivity index (χ0n) is 22.2. The van der Waals surface area contributed by atoms with Crippen molar-refractivity contribution in [3.8, 4) is 0 Å². The molecule has 0 spiro atoms. The maximum Gasteiger partial charge on any atom is 0.346 e. The number of hydroxylamine groups is 2. The molecular formula is C30H28N3O6PS. The summed E-state index contributed by atoms with van der Waals surface area (Å²) < 4.78 is 41.0. The highest BCUT2D eigenvalue weighted by Gasteiger charge is 2.44. The highest BCUT2D eigenvalue weighted by Crippen LogP contribution is 2.56. The Kier molecular flexibility index (Phi) is 8.46. The van der Waals surface area contributed by atoms with Crippen molar-refractivity contribution in [3.63, 3.8) is 0 Å². The van der Waals surface area contributed by atoms with Crippen LogP contribution in [-0.2, 0) is 14.7 Å². The van der Waals surface area contributed by atoms with Crippen LogP contribution in [0.25, 0.3) is 5.57 Å². The molecule has 3 heterocycles. The van der Waals surface area contributed by atoms with Gasteiger partial charge in [-0.15, -0.1) is 0 Å². The van der Waals surface area contributed by atoms with Crippen molar-refractivity contribution in [2.75, 3.05) is 13.1 Å². The number of carbonyl (C=O) groups excluding carboxylic acids is 1. The summed E-state index contributed by atoms with van der Waals surface area (Å²) in [4.78, 5) is 17.1. The molecule has 1 fully saturated rings. The van der Waals surface area contributed by atoms with Crippen LogP contribution in [0.5, 0.6) is 0 Å². The zero-order valence-corrected chi connectivity index (χ0v) is 23.9. The molecule has 41 heavy (non-hydrogen) atoms. The average molecular weight is 590 g/mol. The van der Waals surface area contributed by atoms with Gasteiger partial charge in [0, 0.05) is 12.1 Å². The summed E-state index contributed by atoms with van der Waals surface area (Å²) in [7, 11) is -6.72. The fraction of sp³-hybridized carbons (Fsp3) is 0.133. The van der Waals surface area contributed by atoms with Crippen LogP contribution in [0.4, 0.5) is 4.79 Å². The van der Waals surface area contributed by atoms with Gasteiger partial charge in [-0.2, -0.15) is 9.35 Å². The number of allylic oxidation sites excluding steroid dienone is 1. The molecular weight excluding hydrogens is 561 g/mol. The summed E-state index contributed by atoms with van der Waals surface area (Å²) in [5, 5.41) is 4.74. The number of aromatic nitrogens is 1. The molecule has 1 atom stereocenters. The van der Waals surface area contributed by atoms with Gasteiger partial charge in [-0.05, 0) is 49.4 Å². The predicted octanol–water partition coefficient (Wildman–Crippen LogP) is 4.08. The number of fused-ring (bicyclic) bond motifs is 2. The molecule has 1 saturated heterocycles. The van der Waals surface area contributed by atoms with E-state index in [2.05, 4.69) is 119 Å². The first-order valence-electron chi connectivity index (χ1n) is 12.9. The third-order valence-corrected chi connectivity index (χ3v) is 11.1. The van der Waals surface area contributed by atoms with Crippen LogP contribution in [0.2, 0.25) is 0 Å². The number of hydrogen-bond acceptors (Lipinski definition) is 7. The summed E-state index contributed by atoms with van der Waals surface area (Å²) >= 11 is 0. The van der Waals surface area contributed by atoms with E-state index < -0.39 is 29.7 Å². The molecule has 210 valence electrons. The van der Waals surface area contributed by atoms with E-state index in [0.717, 1.165) is 0 Å². The highest BCUT2D eigenvalue weighted by molar-refractivity contribution is 7.98. The molecule has 1 unspecified atom stereocenters. The number of rotatable bonds is 7. The lowest BCUT2D eigenvalue weighted by molar-refractivity contribution is -0.0195. The molecule has 2 bridgehead atoms. The number of carbonyl (C=O) groups is 1. The van der Waals surface area contributed by atoms with Gasteiger partial charge < -0.3 is 13.9 Å². The quantitative estimate of drug-likeness (QED) is 0.181. The van der Waals surface area contributed by atoms with E-state index in [1.54, 1.807) is 6.08 Å². The Morgan fingerprint density at radius 1 is 0.951 bits per heavy atom. The Bertz CT molecular complexity index is 1530. The molecule has 4 aromatic rings. The molecule has 6 rings (SSSR count). The van der Waals surface area contributed by atoms with Gasteiger partial charge in [0.05, 0.1) is 24.6 Å². The minimum atomic E-state index is -4.99. The Hall–Kier alpha value is -4.08. The predicted molar refractivity (Wildman–Crippen MR) is 158 cm³/mol. The molecule has 2 aliphatic rings. The van der Waals surface area contributed by atoms with Crippen LogP contribution in [0.15, 0.2) is 126 Å². The van der Waals surface area contributed by atoms with Gasteiger partial charge in [0.15, 0.2) is 0 Å². The second kappa shape index (κ2) is 12.2. The van der Waals surface area contributed by atoms with Crippen molar-refractivity contribution in [1.82, 2.24) is 14.9 Å². The number of nitrogens with zero attached hydrogens (tertiary/aromatic N) is 3. The van der Waals surface area contributed by atoms with Crippen molar-refractivity contribution < 1.29 is 26.5 Å². The van der Waals surface area contributed by atoms with Gasteiger partial charge >= 0.3 is 6.03 Å². The first-order valence-corrected chi connectivity index (χ1v) is 16.0. The van der Waals surface area contributed by atoms with E-state index in [1.807, 2.05) is 0 Å². The standard InChI is InChI=1S/C21H20P.C9H9N3O6S/c1-2-18-22(19-12-6-3-7-13-19,20-14-8-4-9-15-20)21-16-10-5-11-17-21;13-9-11-4-6(8-10-1-2-17-8)3-7(5-11)12(9)18-19(14,15)16/h2-18H,1H3;1-3,7H,4-5H2,(H,14,15,16)/q+1;/p-1. The number of oxazole rings is 1. The molecule has 2 amide bonds. The zero-order chi connectivity index (χ0) is 28.9. The number of hydrogen-bond donors (Lipinski definition) is 0. The van der Waals surface area contributed by atoms with Gasteiger partial charge in [0.2, 0.25) is 16.3 Å². The van der Waals surface area contributed by atoms with Crippen LogP contribution >= 0.6 is 7.26 Å². The summed E-state index contributed by atoms with van der Waals surface area (Å²) in [5.74, 6) is 2.75. The average Bonchev–Trinajstić information content (AvgIpc) is 3.61. The van der Waals surface area contributed by atoms with E-state index in [4.69, 9.17) is 4.42 Å². The minimum absolute atomic E-state index is 0.217. The van der Waals surface area contributed by atoms with E-state index in [0.29, 0.717) is 16.5 Å². The molecule has 1 aromatic heterocycles. The largest absolute Gasteiger partial charge is 0.724 e. The third kappa shape index (κ3) is 6.16. The lowest BCUT2D eigenvalue weighted by atomic mass is 10.1. The van der Waals surface area contributed by atoms with Crippen molar-refractivity contribution >= 4 is 45.2 Å². The monoisotopic (exact) mass is 589 g/mol. The van der Waals surface area contributed by atoms with E-state index in [1.165, 1.54) is 33.3 Å². The summed E-state index contributed by atoms with van der Waals surface area (Å²) in [6.45, 7) is 2.58. The van der Waals surface area contributed by atoms with Crippen LogP contribution < -0.4 is 15.9 Å². The molecule has 11 heteroatoms. The molecule has 0 saturated carbocycles. The van der Waals surface area contributed by atoms with E-state index in [-0.39, 0.29) is 13.1 Å². The second-order valence-corrected chi connectivity index (χ2v) is 13.5. The van der Waals surface area contributed by atoms with E-state index in [9.17, 15) is 17.8 Å². The third-order valence-electron chi connectivity index (χ3n) is 6.66. The Labute approximate surface area is 239 Å². The van der Waals surface area contributed by atoms with Gasteiger partial charge in [0.25, 0.3) is 0 Å². The van der Waals surface area contributed by atoms with Crippen LogP contribution in [-0.4, -0.2) is 53.1 Å². The van der Waals surface area contributed by atoms with Crippen LogP contribution in [0.1, 0.15) is 12.8 Å². The highest BCUT2D eigenvalue weighted by atomic mass is 32.3. The molecule has 0 radical (unpaired) electrons. The lowest BCUT2D eigenvalue weighted by Crippen LogP contribution is -2.35. The maximum absolute atomic E-state index is 11.8. The maximum atomic E-state index is 11.8. The van der Waals surface area contributed by atoms with Gasteiger partial charge in [-0.1, -0.05) is 60.7 Å². The normalized spacial score (nSPS) is 16.9. The second-order valence-electron chi connectivity index (χ2n) is 9.28. The Morgan fingerprint density at radius 3 is 1.93 bits per heavy atom. The lowest BCUT2D eigenvalue weighted by Gasteiger charge is -2.23. The van der Waals surface area contributed by atoms with Crippen LogP contribution in [0, 0.1) is 0 Å².